The monoisotopic (exact) mass is 330 g/mol. The van der Waals surface area contributed by atoms with Gasteiger partial charge in [-0.25, -0.2) is 5.43 Å². The van der Waals surface area contributed by atoms with Gasteiger partial charge < -0.3 is 19.3 Å². The van der Waals surface area contributed by atoms with Crippen molar-refractivity contribution in [3.63, 3.8) is 0 Å². The highest BCUT2D eigenvalue weighted by Crippen LogP contribution is 2.24. The standard InChI is InChI=1S/C17H18N2O5/c1-22-12-6-7-14(15(20)8-12)17(21)19-18-10-11-4-5-13(23-2)9-16(11)24-3/h4-10,20H,1-3H3,(H,19,21)/b18-10-. The van der Waals surface area contributed by atoms with E-state index in [1.807, 2.05) is 0 Å². The van der Waals surface area contributed by atoms with Crippen LogP contribution < -0.4 is 19.6 Å². The molecule has 126 valence electrons. The molecular weight excluding hydrogens is 312 g/mol. The maximum absolute atomic E-state index is 12.0. The third-order valence-electron chi connectivity index (χ3n) is 3.26. The average Bonchev–Trinajstić information content (AvgIpc) is 2.61. The lowest BCUT2D eigenvalue weighted by atomic mass is 10.2. The summed E-state index contributed by atoms with van der Waals surface area (Å²) in [6.07, 6.45) is 1.44. The maximum Gasteiger partial charge on any atom is 0.275 e. The highest BCUT2D eigenvalue weighted by atomic mass is 16.5. The minimum Gasteiger partial charge on any atom is -0.507 e. The quantitative estimate of drug-likeness (QED) is 0.626. The number of nitrogens with zero attached hydrogens (tertiary/aromatic N) is 1. The number of methoxy groups -OCH3 is 3. The molecule has 0 saturated heterocycles. The van der Waals surface area contributed by atoms with Crippen LogP contribution in [0, 0.1) is 0 Å². The van der Waals surface area contributed by atoms with Gasteiger partial charge >= 0.3 is 0 Å². The second kappa shape index (κ2) is 7.87. The number of hydrogen-bond acceptors (Lipinski definition) is 6. The molecule has 0 fully saturated rings. The molecule has 0 radical (unpaired) electrons. The molecule has 0 aliphatic heterocycles. The number of nitrogens with one attached hydrogen (secondary N) is 1. The van der Waals surface area contributed by atoms with Gasteiger partial charge in [0.2, 0.25) is 0 Å². The Bertz CT molecular complexity index is 759. The minimum atomic E-state index is -0.543. The maximum atomic E-state index is 12.0. The highest BCUT2D eigenvalue weighted by Gasteiger charge is 2.11. The molecule has 0 bridgehead atoms. The lowest BCUT2D eigenvalue weighted by Gasteiger charge is -2.07. The fourth-order valence-electron chi connectivity index (χ4n) is 1.98. The van der Waals surface area contributed by atoms with E-state index in [9.17, 15) is 9.90 Å². The van der Waals surface area contributed by atoms with E-state index in [4.69, 9.17) is 14.2 Å². The first-order chi connectivity index (χ1) is 11.6. The number of phenolic OH excluding ortho intramolecular Hbond substituents is 1. The van der Waals surface area contributed by atoms with Gasteiger partial charge in [-0.05, 0) is 24.3 Å². The summed E-state index contributed by atoms with van der Waals surface area (Å²) in [6.45, 7) is 0. The third kappa shape index (κ3) is 3.95. The van der Waals surface area contributed by atoms with Gasteiger partial charge in [-0.15, -0.1) is 0 Å². The summed E-state index contributed by atoms with van der Waals surface area (Å²) in [7, 11) is 4.56. The number of hydrogen-bond donors (Lipinski definition) is 2. The van der Waals surface area contributed by atoms with Crippen LogP contribution >= 0.6 is 0 Å². The summed E-state index contributed by atoms with van der Waals surface area (Å²) in [5.41, 5.74) is 3.11. The van der Waals surface area contributed by atoms with E-state index >= 15 is 0 Å². The summed E-state index contributed by atoms with van der Waals surface area (Å²) in [4.78, 5) is 12.0. The lowest BCUT2D eigenvalue weighted by molar-refractivity contribution is 0.0952. The first-order valence-corrected chi connectivity index (χ1v) is 7.01. The van der Waals surface area contributed by atoms with Crippen molar-refractivity contribution in [1.82, 2.24) is 5.43 Å². The van der Waals surface area contributed by atoms with Crippen LogP contribution in [0.25, 0.3) is 0 Å². The molecule has 0 aliphatic carbocycles. The molecule has 0 spiro atoms. The predicted octanol–water partition coefficient (Wildman–Crippen LogP) is 2.18. The predicted molar refractivity (Wildman–Crippen MR) is 89.3 cm³/mol. The molecule has 0 aliphatic rings. The largest absolute Gasteiger partial charge is 0.507 e. The van der Waals surface area contributed by atoms with Gasteiger partial charge in [0.15, 0.2) is 0 Å². The zero-order chi connectivity index (χ0) is 17.5. The number of benzene rings is 2. The number of aromatic hydroxyl groups is 1. The van der Waals surface area contributed by atoms with Crippen LogP contribution in [-0.4, -0.2) is 38.6 Å². The molecule has 0 aromatic heterocycles. The van der Waals surface area contributed by atoms with Crippen LogP contribution in [0.5, 0.6) is 23.0 Å². The van der Waals surface area contributed by atoms with Crippen molar-refractivity contribution in [3.05, 3.63) is 47.5 Å². The molecule has 0 atom stereocenters. The number of carbonyl (C=O) groups excluding carboxylic acids is 1. The smallest absolute Gasteiger partial charge is 0.275 e. The Morgan fingerprint density at radius 1 is 1.04 bits per heavy atom. The van der Waals surface area contributed by atoms with Crippen LogP contribution in [0.1, 0.15) is 15.9 Å². The molecule has 24 heavy (non-hydrogen) atoms. The van der Waals surface area contributed by atoms with E-state index in [0.717, 1.165) is 0 Å². The van der Waals surface area contributed by atoms with Crippen LogP contribution in [0.3, 0.4) is 0 Å². The van der Waals surface area contributed by atoms with E-state index in [1.165, 1.54) is 32.6 Å². The fourth-order valence-corrected chi connectivity index (χ4v) is 1.98. The molecule has 2 aromatic carbocycles. The molecule has 0 unspecified atom stereocenters. The molecule has 0 heterocycles. The SMILES string of the molecule is COc1ccc(C(=O)N/N=C\c2ccc(OC)cc2OC)c(O)c1. The number of rotatable bonds is 6. The molecule has 7 nitrogen and oxygen atoms in total. The Morgan fingerprint density at radius 2 is 1.71 bits per heavy atom. The number of carbonyl (C=O) groups is 1. The Labute approximate surface area is 139 Å². The second-order valence-electron chi connectivity index (χ2n) is 4.69. The van der Waals surface area contributed by atoms with Crippen LogP contribution in [0.15, 0.2) is 41.5 Å². The lowest BCUT2D eigenvalue weighted by Crippen LogP contribution is -2.17. The molecule has 2 N–H and O–H groups in total. The van der Waals surface area contributed by atoms with Gasteiger partial charge in [-0.3, -0.25) is 4.79 Å². The minimum absolute atomic E-state index is 0.0923. The van der Waals surface area contributed by atoms with Gasteiger partial charge in [0.25, 0.3) is 5.91 Å². The molecule has 7 heteroatoms. The number of amides is 1. The van der Waals surface area contributed by atoms with E-state index in [0.29, 0.717) is 22.8 Å². The Kier molecular flexibility index (Phi) is 5.62. The number of phenols is 1. The van der Waals surface area contributed by atoms with Crippen molar-refractivity contribution >= 4 is 12.1 Å². The number of hydrazone groups is 1. The summed E-state index contributed by atoms with van der Waals surface area (Å²) in [5, 5.41) is 13.7. The third-order valence-corrected chi connectivity index (χ3v) is 3.26. The molecule has 1 amide bonds. The topological polar surface area (TPSA) is 89.4 Å². The van der Waals surface area contributed by atoms with Crippen molar-refractivity contribution in [2.45, 2.75) is 0 Å². The van der Waals surface area contributed by atoms with E-state index in [2.05, 4.69) is 10.5 Å². The van der Waals surface area contributed by atoms with Crippen molar-refractivity contribution in [3.8, 4) is 23.0 Å². The first kappa shape index (κ1) is 17.1. The first-order valence-electron chi connectivity index (χ1n) is 7.01. The van der Waals surface area contributed by atoms with Gasteiger partial charge in [0.1, 0.15) is 23.0 Å². The van der Waals surface area contributed by atoms with Gasteiger partial charge in [0.05, 0.1) is 33.1 Å². The Hall–Kier alpha value is -3.22. The average molecular weight is 330 g/mol. The van der Waals surface area contributed by atoms with E-state index < -0.39 is 5.91 Å². The van der Waals surface area contributed by atoms with Crippen LogP contribution in [0.4, 0.5) is 0 Å². The van der Waals surface area contributed by atoms with Crippen molar-refractivity contribution in [2.24, 2.45) is 5.10 Å². The number of ether oxygens (including phenoxy) is 3. The van der Waals surface area contributed by atoms with Crippen molar-refractivity contribution in [2.75, 3.05) is 21.3 Å². The summed E-state index contributed by atoms with van der Waals surface area (Å²) in [5.74, 6) is 0.925. The zero-order valence-corrected chi connectivity index (χ0v) is 13.6. The zero-order valence-electron chi connectivity index (χ0n) is 13.6. The normalized spacial score (nSPS) is 10.5. The molecule has 0 saturated carbocycles. The van der Waals surface area contributed by atoms with Crippen molar-refractivity contribution in [1.29, 1.82) is 0 Å². The van der Waals surface area contributed by atoms with Gasteiger partial charge in [-0.1, -0.05) is 0 Å². The summed E-state index contributed by atoms with van der Waals surface area (Å²) in [6, 6.07) is 9.58. The van der Waals surface area contributed by atoms with Crippen molar-refractivity contribution < 1.29 is 24.1 Å². The Balaban J connectivity index is 2.10. The summed E-state index contributed by atoms with van der Waals surface area (Å²) >= 11 is 0. The van der Waals surface area contributed by atoms with Crippen LogP contribution in [-0.2, 0) is 0 Å². The fraction of sp³-hybridized carbons (Fsp3) is 0.176. The Morgan fingerprint density at radius 3 is 2.33 bits per heavy atom. The van der Waals surface area contributed by atoms with Crippen LogP contribution in [0.2, 0.25) is 0 Å². The van der Waals surface area contributed by atoms with E-state index in [1.54, 1.807) is 31.4 Å². The summed E-state index contributed by atoms with van der Waals surface area (Å²) < 4.78 is 15.3. The molecule has 2 rings (SSSR count). The second-order valence-corrected chi connectivity index (χ2v) is 4.69. The molecular formula is C17H18N2O5. The van der Waals surface area contributed by atoms with Gasteiger partial charge in [-0.2, -0.15) is 5.10 Å². The van der Waals surface area contributed by atoms with E-state index in [-0.39, 0.29) is 11.3 Å². The molecule has 2 aromatic rings. The highest BCUT2D eigenvalue weighted by molar-refractivity contribution is 5.97. The van der Waals surface area contributed by atoms with Gasteiger partial charge in [0, 0.05) is 17.7 Å².